The van der Waals surface area contributed by atoms with Crippen LogP contribution in [-0.4, -0.2) is 42.3 Å². The number of nitrogens with one attached hydrogen (secondary N) is 2. The third kappa shape index (κ3) is 5.90. The number of hydrogen-bond acceptors (Lipinski definition) is 7. The summed E-state index contributed by atoms with van der Waals surface area (Å²) < 4.78 is 6.32. The van der Waals surface area contributed by atoms with E-state index in [1.807, 2.05) is 36.4 Å². The molecule has 10 nitrogen and oxygen atoms in total. The lowest BCUT2D eigenvalue weighted by molar-refractivity contribution is -0.117. The smallest absolute Gasteiger partial charge is 0.330 e. The van der Waals surface area contributed by atoms with Gasteiger partial charge < -0.3 is 20.7 Å². The number of aromatic amines is 1. The monoisotopic (exact) mass is 462 g/mol. The largest absolute Gasteiger partial charge is 0.385 e. The Labute approximate surface area is 196 Å². The maximum atomic E-state index is 13.2. The predicted octanol–water partition coefficient (Wildman–Crippen LogP) is 1.52. The number of nitrogens with zero attached hydrogens (tertiary/aromatic N) is 3. The minimum absolute atomic E-state index is 0.0933. The van der Waals surface area contributed by atoms with E-state index >= 15 is 0 Å². The van der Waals surface area contributed by atoms with Crippen LogP contribution in [0.5, 0.6) is 0 Å². The molecule has 0 saturated heterocycles. The molecule has 0 aliphatic carbocycles. The number of nitriles is 1. The number of nitrogens with two attached hydrogens (primary N) is 1. The van der Waals surface area contributed by atoms with Crippen LogP contribution >= 0.6 is 0 Å². The van der Waals surface area contributed by atoms with Gasteiger partial charge in [-0.05, 0) is 30.2 Å². The van der Waals surface area contributed by atoms with Crippen molar-refractivity contribution in [3.05, 3.63) is 86.6 Å². The highest BCUT2D eigenvalue weighted by molar-refractivity contribution is 5.98. The van der Waals surface area contributed by atoms with Crippen molar-refractivity contribution < 1.29 is 9.53 Å². The second-order valence-electron chi connectivity index (χ2n) is 7.50. The fourth-order valence-corrected chi connectivity index (χ4v) is 3.46. The van der Waals surface area contributed by atoms with Gasteiger partial charge in [0, 0.05) is 25.9 Å². The summed E-state index contributed by atoms with van der Waals surface area (Å²) >= 11 is 0. The van der Waals surface area contributed by atoms with E-state index < -0.39 is 17.2 Å². The number of amides is 1. The lowest BCUT2D eigenvalue weighted by atomic mass is 10.2. The highest BCUT2D eigenvalue weighted by Gasteiger charge is 2.24. The Kier molecular flexibility index (Phi) is 8.21. The molecule has 0 unspecified atom stereocenters. The molecule has 2 aromatic carbocycles. The molecule has 1 heterocycles. The molecule has 4 N–H and O–H groups in total. The number of aromatic nitrogens is 2. The van der Waals surface area contributed by atoms with Crippen LogP contribution in [0.1, 0.15) is 17.5 Å². The van der Waals surface area contributed by atoms with Gasteiger partial charge in [0.1, 0.15) is 5.82 Å². The predicted molar refractivity (Wildman–Crippen MR) is 130 cm³/mol. The number of hydrogen-bond donors (Lipinski definition) is 3. The number of methoxy groups -OCH3 is 1. The van der Waals surface area contributed by atoms with Crippen LogP contribution in [0.25, 0.3) is 0 Å². The Morgan fingerprint density at radius 3 is 2.68 bits per heavy atom. The molecule has 3 aromatic rings. The molecular formula is C24H26N6O4. The molecule has 0 fully saturated rings. The summed E-state index contributed by atoms with van der Waals surface area (Å²) in [6, 6.07) is 17.9. The van der Waals surface area contributed by atoms with Crippen LogP contribution in [0, 0.1) is 11.3 Å². The summed E-state index contributed by atoms with van der Waals surface area (Å²) in [6.07, 6.45) is 0.447. The standard InChI is InChI=1S/C24H26N6O4/c1-34-12-6-11-29(20(31)15-27-19-10-5-9-18(13-19)14-25)21-22(26)30(24(33)28-23(21)32)16-17-7-3-2-4-8-17/h2-5,7-10,13,27H,6,11-12,15-16,26H2,1H3,(H,28,32,33). The molecule has 10 heteroatoms. The zero-order chi connectivity index (χ0) is 24.5. The molecule has 0 aliphatic heterocycles. The Morgan fingerprint density at radius 2 is 1.97 bits per heavy atom. The fourth-order valence-electron chi connectivity index (χ4n) is 3.46. The SMILES string of the molecule is COCCCN(C(=O)CNc1cccc(C#N)c1)c1c(N)n(Cc2ccccc2)c(=O)[nH]c1=O. The summed E-state index contributed by atoms with van der Waals surface area (Å²) in [7, 11) is 1.54. The first kappa shape index (κ1) is 24.3. The number of rotatable bonds is 10. The minimum atomic E-state index is -0.746. The third-order valence-electron chi connectivity index (χ3n) is 5.13. The van der Waals surface area contributed by atoms with E-state index in [1.54, 1.807) is 24.3 Å². The molecular weight excluding hydrogens is 436 g/mol. The van der Waals surface area contributed by atoms with Crippen LogP contribution in [0.4, 0.5) is 17.2 Å². The first-order valence-electron chi connectivity index (χ1n) is 10.6. The van der Waals surface area contributed by atoms with Crippen LogP contribution in [0.15, 0.2) is 64.2 Å². The van der Waals surface area contributed by atoms with E-state index in [4.69, 9.17) is 15.7 Å². The van der Waals surface area contributed by atoms with E-state index in [0.717, 1.165) is 5.56 Å². The van der Waals surface area contributed by atoms with Crippen molar-refractivity contribution in [2.24, 2.45) is 0 Å². The van der Waals surface area contributed by atoms with Gasteiger partial charge >= 0.3 is 5.69 Å². The van der Waals surface area contributed by atoms with Gasteiger partial charge in [-0.3, -0.25) is 19.1 Å². The second-order valence-corrected chi connectivity index (χ2v) is 7.50. The third-order valence-corrected chi connectivity index (χ3v) is 5.13. The van der Waals surface area contributed by atoms with E-state index in [2.05, 4.69) is 10.3 Å². The Hall–Kier alpha value is -4.36. The van der Waals surface area contributed by atoms with Gasteiger partial charge in [0.15, 0.2) is 5.69 Å². The highest BCUT2D eigenvalue weighted by atomic mass is 16.5. The van der Waals surface area contributed by atoms with Gasteiger partial charge in [-0.1, -0.05) is 36.4 Å². The van der Waals surface area contributed by atoms with Crippen LogP contribution < -0.4 is 27.2 Å². The van der Waals surface area contributed by atoms with Crippen molar-refractivity contribution >= 4 is 23.1 Å². The fraction of sp³-hybridized carbons (Fsp3) is 0.250. The van der Waals surface area contributed by atoms with Gasteiger partial charge in [0.2, 0.25) is 5.91 Å². The van der Waals surface area contributed by atoms with Crippen LogP contribution in [-0.2, 0) is 16.1 Å². The molecule has 176 valence electrons. The van der Waals surface area contributed by atoms with E-state index in [0.29, 0.717) is 24.3 Å². The average Bonchev–Trinajstić information content (AvgIpc) is 2.85. The average molecular weight is 463 g/mol. The van der Waals surface area contributed by atoms with Crippen molar-refractivity contribution in [1.29, 1.82) is 5.26 Å². The van der Waals surface area contributed by atoms with E-state index in [9.17, 15) is 14.4 Å². The number of H-pyrrole nitrogens is 1. The Balaban J connectivity index is 1.93. The first-order chi connectivity index (χ1) is 16.4. The number of ether oxygens (including phenoxy) is 1. The van der Waals surface area contributed by atoms with Crippen molar-refractivity contribution in [2.45, 2.75) is 13.0 Å². The normalized spacial score (nSPS) is 10.5. The molecule has 0 bridgehead atoms. The van der Waals surface area contributed by atoms with E-state index in [-0.39, 0.29) is 31.1 Å². The van der Waals surface area contributed by atoms with Crippen molar-refractivity contribution in [2.75, 3.05) is 42.8 Å². The maximum Gasteiger partial charge on any atom is 0.330 e. The van der Waals surface area contributed by atoms with Crippen LogP contribution in [0.3, 0.4) is 0 Å². The molecule has 0 radical (unpaired) electrons. The van der Waals surface area contributed by atoms with Crippen molar-refractivity contribution in [3.8, 4) is 6.07 Å². The van der Waals surface area contributed by atoms with Gasteiger partial charge in [0.05, 0.1) is 24.7 Å². The zero-order valence-corrected chi connectivity index (χ0v) is 18.8. The summed E-state index contributed by atoms with van der Waals surface area (Å²) in [4.78, 5) is 42.0. The topological polar surface area (TPSA) is 146 Å². The quantitative estimate of drug-likeness (QED) is 0.387. The summed E-state index contributed by atoms with van der Waals surface area (Å²) in [6.45, 7) is 0.499. The molecule has 34 heavy (non-hydrogen) atoms. The van der Waals surface area contributed by atoms with Crippen molar-refractivity contribution in [3.63, 3.8) is 0 Å². The summed E-state index contributed by atoms with van der Waals surface area (Å²) in [5.41, 5.74) is 6.62. The Bertz CT molecular complexity index is 1290. The van der Waals surface area contributed by atoms with E-state index in [1.165, 1.54) is 16.6 Å². The van der Waals surface area contributed by atoms with Gasteiger partial charge in [-0.25, -0.2) is 4.79 Å². The molecule has 0 saturated carbocycles. The molecule has 0 spiro atoms. The number of anilines is 3. The molecule has 1 amide bonds. The van der Waals surface area contributed by atoms with Gasteiger partial charge in [-0.2, -0.15) is 5.26 Å². The number of nitrogen functional groups attached to an aromatic ring is 1. The molecule has 0 atom stereocenters. The summed E-state index contributed by atoms with van der Waals surface area (Å²) in [5.74, 6) is -0.532. The lowest BCUT2D eigenvalue weighted by Gasteiger charge is -2.25. The maximum absolute atomic E-state index is 13.2. The Morgan fingerprint density at radius 1 is 1.21 bits per heavy atom. The highest BCUT2D eigenvalue weighted by Crippen LogP contribution is 2.19. The molecule has 0 aliphatic rings. The first-order valence-corrected chi connectivity index (χ1v) is 10.6. The minimum Gasteiger partial charge on any atom is -0.385 e. The number of benzene rings is 2. The van der Waals surface area contributed by atoms with Crippen molar-refractivity contribution in [1.82, 2.24) is 9.55 Å². The van der Waals surface area contributed by atoms with Gasteiger partial charge in [-0.15, -0.1) is 0 Å². The van der Waals surface area contributed by atoms with Crippen LogP contribution in [0.2, 0.25) is 0 Å². The molecule has 3 rings (SSSR count). The number of carbonyl (C=O) groups excluding carboxylic acids is 1. The molecule has 1 aromatic heterocycles. The lowest BCUT2D eigenvalue weighted by Crippen LogP contribution is -2.44. The number of carbonyl (C=O) groups is 1. The van der Waals surface area contributed by atoms with Gasteiger partial charge in [0.25, 0.3) is 5.56 Å². The zero-order valence-electron chi connectivity index (χ0n) is 18.8. The summed E-state index contributed by atoms with van der Waals surface area (Å²) in [5, 5.41) is 12.0. The second kappa shape index (κ2) is 11.5.